The molecule has 16 heavy (non-hydrogen) atoms. The molecule has 1 aromatic rings. The predicted octanol–water partition coefficient (Wildman–Crippen LogP) is 3.14. The number of alkyl halides is 3. The Morgan fingerprint density at radius 1 is 1.38 bits per heavy atom. The molecule has 6 heteroatoms. The SMILES string of the molecule is CCC(=O)c1ccc(O)c(C(F)(F)F)c1F. The first-order valence-corrected chi connectivity index (χ1v) is 4.41. The summed E-state index contributed by atoms with van der Waals surface area (Å²) >= 11 is 0. The minimum Gasteiger partial charge on any atom is -0.507 e. The molecule has 0 fully saturated rings. The normalized spacial score (nSPS) is 11.6. The second-order valence-electron chi connectivity index (χ2n) is 3.10. The lowest BCUT2D eigenvalue weighted by atomic mass is 10.0. The Kier molecular flexibility index (Phi) is 3.21. The molecule has 1 aromatic carbocycles. The fourth-order valence-corrected chi connectivity index (χ4v) is 1.24. The van der Waals surface area contributed by atoms with Gasteiger partial charge in [0.2, 0.25) is 0 Å². The van der Waals surface area contributed by atoms with Crippen LogP contribution in [0.25, 0.3) is 0 Å². The van der Waals surface area contributed by atoms with E-state index in [1.165, 1.54) is 6.92 Å². The molecular weight excluding hydrogens is 228 g/mol. The molecule has 0 aliphatic rings. The minimum atomic E-state index is -5.03. The Bertz CT molecular complexity index is 424. The average molecular weight is 236 g/mol. The molecule has 0 radical (unpaired) electrons. The van der Waals surface area contributed by atoms with Crippen LogP contribution in [-0.4, -0.2) is 10.9 Å². The molecule has 0 aliphatic heterocycles. The summed E-state index contributed by atoms with van der Waals surface area (Å²) in [6.07, 6.45) is -5.14. The van der Waals surface area contributed by atoms with Crippen molar-refractivity contribution in [2.24, 2.45) is 0 Å². The van der Waals surface area contributed by atoms with Crippen LogP contribution in [0.1, 0.15) is 29.3 Å². The smallest absolute Gasteiger partial charge is 0.422 e. The van der Waals surface area contributed by atoms with E-state index in [0.29, 0.717) is 6.07 Å². The fraction of sp³-hybridized carbons (Fsp3) is 0.300. The van der Waals surface area contributed by atoms with Crippen LogP contribution in [0.4, 0.5) is 17.6 Å². The maximum atomic E-state index is 13.4. The molecule has 88 valence electrons. The largest absolute Gasteiger partial charge is 0.507 e. The quantitative estimate of drug-likeness (QED) is 0.632. The van der Waals surface area contributed by atoms with Gasteiger partial charge >= 0.3 is 6.18 Å². The molecular formula is C10H8F4O2. The van der Waals surface area contributed by atoms with Crippen LogP contribution >= 0.6 is 0 Å². The Labute approximate surface area is 88.5 Å². The second kappa shape index (κ2) is 4.11. The Morgan fingerprint density at radius 2 is 1.94 bits per heavy atom. The zero-order valence-corrected chi connectivity index (χ0v) is 8.23. The summed E-state index contributed by atoms with van der Waals surface area (Å²) < 4.78 is 50.4. The van der Waals surface area contributed by atoms with Crippen LogP contribution in [0.15, 0.2) is 12.1 Å². The number of Topliss-reactive ketones (excluding diaryl/α,β-unsaturated/α-hetero) is 1. The fourth-order valence-electron chi connectivity index (χ4n) is 1.24. The Morgan fingerprint density at radius 3 is 2.38 bits per heavy atom. The van der Waals surface area contributed by atoms with Crippen molar-refractivity contribution < 1.29 is 27.5 Å². The van der Waals surface area contributed by atoms with Crippen LogP contribution in [0.5, 0.6) is 5.75 Å². The molecule has 0 saturated heterocycles. The summed E-state index contributed by atoms with van der Waals surface area (Å²) in [5.41, 5.74) is -2.46. The van der Waals surface area contributed by atoms with E-state index in [2.05, 4.69) is 0 Å². The predicted molar refractivity (Wildman–Crippen MR) is 47.7 cm³/mol. The van der Waals surface area contributed by atoms with Gasteiger partial charge < -0.3 is 5.11 Å². The Balaban J connectivity index is 3.45. The molecule has 0 amide bonds. The van der Waals surface area contributed by atoms with Gasteiger partial charge in [-0.25, -0.2) is 4.39 Å². The maximum absolute atomic E-state index is 13.4. The summed E-state index contributed by atoms with van der Waals surface area (Å²) in [6, 6.07) is 1.50. The van der Waals surface area contributed by atoms with Crippen molar-refractivity contribution in [3.05, 3.63) is 29.1 Å². The summed E-state index contributed by atoms with van der Waals surface area (Å²) in [6.45, 7) is 1.40. The summed E-state index contributed by atoms with van der Waals surface area (Å²) in [5, 5.41) is 8.93. The van der Waals surface area contributed by atoms with E-state index in [1.807, 2.05) is 0 Å². The third kappa shape index (κ3) is 2.15. The number of hydrogen-bond donors (Lipinski definition) is 1. The zero-order valence-electron chi connectivity index (χ0n) is 8.23. The molecule has 0 saturated carbocycles. The summed E-state index contributed by atoms with van der Waals surface area (Å²) in [7, 11) is 0. The highest BCUT2D eigenvalue weighted by molar-refractivity contribution is 5.96. The van der Waals surface area contributed by atoms with Crippen LogP contribution in [0.2, 0.25) is 0 Å². The van der Waals surface area contributed by atoms with E-state index in [1.54, 1.807) is 0 Å². The van der Waals surface area contributed by atoms with Crippen LogP contribution in [0, 0.1) is 5.82 Å². The third-order valence-corrected chi connectivity index (χ3v) is 2.02. The van der Waals surface area contributed by atoms with Gasteiger partial charge in [-0.2, -0.15) is 13.2 Å². The van der Waals surface area contributed by atoms with Gasteiger partial charge in [-0.1, -0.05) is 6.92 Å². The highest BCUT2D eigenvalue weighted by Gasteiger charge is 2.39. The maximum Gasteiger partial charge on any atom is 0.422 e. The molecule has 0 heterocycles. The number of hydrogen-bond acceptors (Lipinski definition) is 2. The van der Waals surface area contributed by atoms with Crippen molar-refractivity contribution in [3.8, 4) is 5.75 Å². The van der Waals surface area contributed by atoms with Gasteiger partial charge in [0.1, 0.15) is 17.1 Å². The molecule has 0 unspecified atom stereocenters. The van der Waals surface area contributed by atoms with Gasteiger partial charge in [-0.05, 0) is 12.1 Å². The van der Waals surface area contributed by atoms with Crippen LogP contribution < -0.4 is 0 Å². The minimum absolute atomic E-state index is 0.112. The van der Waals surface area contributed by atoms with Crippen molar-refractivity contribution in [3.63, 3.8) is 0 Å². The number of aromatic hydroxyl groups is 1. The topological polar surface area (TPSA) is 37.3 Å². The van der Waals surface area contributed by atoms with Crippen molar-refractivity contribution in [2.45, 2.75) is 19.5 Å². The number of phenolic OH excluding ortho intramolecular Hbond substituents is 1. The van der Waals surface area contributed by atoms with Gasteiger partial charge in [-0.15, -0.1) is 0 Å². The number of rotatable bonds is 2. The number of carbonyl (C=O) groups excluding carboxylic acids is 1. The lowest BCUT2D eigenvalue weighted by Gasteiger charge is -2.12. The zero-order chi connectivity index (χ0) is 12.5. The van der Waals surface area contributed by atoms with Crippen molar-refractivity contribution in [1.82, 2.24) is 0 Å². The lowest BCUT2D eigenvalue weighted by molar-refractivity contribution is -0.141. The highest BCUT2D eigenvalue weighted by Crippen LogP contribution is 2.38. The molecule has 2 nitrogen and oxygen atoms in total. The van der Waals surface area contributed by atoms with E-state index in [9.17, 15) is 22.4 Å². The molecule has 0 bridgehead atoms. The monoisotopic (exact) mass is 236 g/mol. The van der Waals surface area contributed by atoms with Crippen molar-refractivity contribution in [1.29, 1.82) is 0 Å². The van der Waals surface area contributed by atoms with Gasteiger partial charge in [0.15, 0.2) is 5.78 Å². The van der Waals surface area contributed by atoms with E-state index < -0.39 is 34.7 Å². The first-order valence-electron chi connectivity index (χ1n) is 4.41. The number of halogens is 4. The number of ketones is 1. The van der Waals surface area contributed by atoms with Crippen molar-refractivity contribution in [2.75, 3.05) is 0 Å². The van der Waals surface area contributed by atoms with Crippen LogP contribution in [0.3, 0.4) is 0 Å². The van der Waals surface area contributed by atoms with Gasteiger partial charge in [0.25, 0.3) is 0 Å². The molecule has 0 aliphatic carbocycles. The lowest BCUT2D eigenvalue weighted by Crippen LogP contribution is -2.12. The van der Waals surface area contributed by atoms with E-state index >= 15 is 0 Å². The van der Waals surface area contributed by atoms with E-state index in [0.717, 1.165) is 6.07 Å². The van der Waals surface area contributed by atoms with E-state index in [-0.39, 0.29) is 6.42 Å². The molecule has 0 aromatic heterocycles. The van der Waals surface area contributed by atoms with E-state index in [4.69, 9.17) is 5.11 Å². The van der Waals surface area contributed by atoms with Gasteiger partial charge in [0.05, 0.1) is 5.56 Å². The number of carbonyl (C=O) groups is 1. The summed E-state index contributed by atoms with van der Waals surface area (Å²) in [5.74, 6) is -3.69. The number of phenols is 1. The Hall–Kier alpha value is -1.59. The molecule has 0 spiro atoms. The highest BCUT2D eigenvalue weighted by atomic mass is 19.4. The summed E-state index contributed by atoms with van der Waals surface area (Å²) in [4.78, 5) is 11.1. The average Bonchev–Trinajstić information content (AvgIpc) is 2.14. The van der Waals surface area contributed by atoms with Gasteiger partial charge in [0, 0.05) is 6.42 Å². The first kappa shape index (κ1) is 12.5. The number of benzene rings is 1. The second-order valence-corrected chi connectivity index (χ2v) is 3.10. The molecule has 0 atom stereocenters. The first-order chi connectivity index (χ1) is 7.29. The standard InChI is InChI=1S/C10H8F4O2/c1-2-6(15)5-3-4-7(16)8(9(5)11)10(12,13)14/h3-4,16H,2H2,1H3. The van der Waals surface area contributed by atoms with Crippen molar-refractivity contribution >= 4 is 5.78 Å². The molecule has 1 rings (SSSR count). The van der Waals surface area contributed by atoms with Gasteiger partial charge in [-0.3, -0.25) is 4.79 Å². The van der Waals surface area contributed by atoms with Crippen LogP contribution in [-0.2, 0) is 6.18 Å². The molecule has 1 N–H and O–H groups in total. The third-order valence-electron chi connectivity index (χ3n) is 2.02.